The van der Waals surface area contributed by atoms with E-state index in [2.05, 4.69) is 0 Å². The number of hydrogen-bond acceptors (Lipinski definition) is 4. The molecule has 2 aromatic carbocycles. The van der Waals surface area contributed by atoms with Crippen molar-refractivity contribution in [3.8, 4) is 5.75 Å². The summed E-state index contributed by atoms with van der Waals surface area (Å²) in [5.74, 6) is 0.755. The van der Waals surface area contributed by atoms with Gasteiger partial charge in [-0.05, 0) is 49.2 Å². The highest BCUT2D eigenvalue weighted by Crippen LogP contribution is 2.36. The van der Waals surface area contributed by atoms with Gasteiger partial charge in [0.15, 0.2) is 0 Å². The summed E-state index contributed by atoms with van der Waals surface area (Å²) in [6, 6.07) is 12.9. The van der Waals surface area contributed by atoms with E-state index in [9.17, 15) is 9.90 Å². The molecule has 0 aliphatic carbocycles. The zero-order valence-electron chi connectivity index (χ0n) is 17.2. The number of morpholine rings is 1. The number of amides is 1. The molecule has 1 N–H and O–H groups in total. The zero-order valence-corrected chi connectivity index (χ0v) is 18.7. The lowest BCUT2D eigenvalue weighted by Crippen LogP contribution is -2.52. The van der Waals surface area contributed by atoms with Crippen LogP contribution in [0, 0.1) is 0 Å². The fraction of sp³-hybridized carbons (Fsp3) is 0.435. The Bertz CT molecular complexity index is 885. The first-order valence-corrected chi connectivity index (χ1v) is 10.8. The molecule has 1 aliphatic heterocycles. The second-order valence-electron chi connectivity index (χ2n) is 7.75. The maximum atomic E-state index is 13.1. The second-order valence-corrected chi connectivity index (χ2v) is 8.57. The molecule has 1 aliphatic rings. The summed E-state index contributed by atoms with van der Waals surface area (Å²) in [6.07, 6.45) is 0.693. The lowest BCUT2D eigenvalue weighted by Gasteiger charge is -2.43. The van der Waals surface area contributed by atoms with Crippen molar-refractivity contribution in [2.45, 2.75) is 38.4 Å². The molecular weight excluding hydrogens is 425 g/mol. The third-order valence-electron chi connectivity index (χ3n) is 5.13. The van der Waals surface area contributed by atoms with Crippen LogP contribution in [0.5, 0.6) is 5.75 Å². The SMILES string of the molecule is CC(C)Oc1cccc(CC(=O)N2CCOC(CCO)(c3ccc(Cl)c(Cl)c3)C2)c1. The monoisotopic (exact) mass is 451 g/mol. The van der Waals surface area contributed by atoms with Crippen molar-refractivity contribution in [1.29, 1.82) is 0 Å². The Hall–Kier alpha value is -1.79. The fourth-order valence-corrected chi connectivity index (χ4v) is 4.01. The van der Waals surface area contributed by atoms with E-state index >= 15 is 0 Å². The third kappa shape index (κ3) is 5.46. The van der Waals surface area contributed by atoms with Crippen LogP contribution in [-0.4, -0.2) is 48.3 Å². The van der Waals surface area contributed by atoms with Gasteiger partial charge in [-0.1, -0.05) is 41.4 Å². The maximum absolute atomic E-state index is 13.1. The highest BCUT2D eigenvalue weighted by Gasteiger charge is 2.39. The summed E-state index contributed by atoms with van der Waals surface area (Å²) in [5, 5.41) is 10.5. The van der Waals surface area contributed by atoms with E-state index in [4.69, 9.17) is 32.7 Å². The number of aliphatic hydroxyl groups excluding tert-OH is 1. The molecule has 1 heterocycles. The molecule has 0 radical (unpaired) electrons. The Morgan fingerprint density at radius 1 is 1.23 bits per heavy atom. The van der Waals surface area contributed by atoms with Crippen LogP contribution >= 0.6 is 23.2 Å². The predicted molar refractivity (Wildman–Crippen MR) is 118 cm³/mol. The highest BCUT2D eigenvalue weighted by atomic mass is 35.5. The van der Waals surface area contributed by atoms with Crippen LogP contribution in [0.15, 0.2) is 42.5 Å². The number of carbonyl (C=O) groups excluding carboxylic acids is 1. The average Bonchev–Trinajstić information content (AvgIpc) is 2.70. The van der Waals surface area contributed by atoms with Crippen molar-refractivity contribution in [2.24, 2.45) is 0 Å². The Balaban J connectivity index is 1.78. The van der Waals surface area contributed by atoms with Crippen LogP contribution in [0.4, 0.5) is 0 Å². The van der Waals surface area contributed by atoms with Crippen LogP contribution in [0.3, 0.4) is 0 Å². The smallest absolute Gasteiger partial charge is 0.227 e. The number of carbonyl (C=O) groups is 1. The van der Waals surface area contributed by atoms with E-state index in [0.717, 1.165) is 16.9 Å². The number of aliphatic hydroxyl groups is 1. The zero-order chi connectivity index (χ0) is 21.7. The molecule has 5 nitrogen and oxygen atoms in total. The van der Waals surface area contributed by atoms with Crippen molar-refractivity contribution in [3.63, 3.8) is 0 Å². The van der Waals surface area contributed by atoms with Crippen LogP contribution in [0.2, 0.25) is 10.0 Å². The number of nitrogens with zero attached hydrogens (tertiary/aromatic N) is 1. The molecule has 0 bridgehead atoms. The van der Waals surface area contributed by atoms with Crippen LogP contribution in [0.25, 0.3) is 0 Å². The lowest BCUT2D eigenvalue weighted by molar-refractivity contribution is -0.155. The molecule has 2 aromatic rings. The minimum absolute atomic E-state index is 0.00220. The normalized spacial score (nSPS) is 19.2. The molecular formula is C23H27Cl2NO4. The summed E-state index contributed by atoms with van der Waals surface area (Å²) in [7, 11) is 0. The van der Waals surface area contributed by atoms with Crippen molar-refractivity contribution >= 4 is 29.1 Å². The minimum Gasteiger partial charge on any atom is -0.491 e. The van der Waals surface area contributed by atoms with Crippen molar-refractivity contribution in [1.82, 2.24) is 4.90 Å². The largest absolute Gasteiger partial charge is 0.491 e. The van der Waals surface area contributed by atoms with Gasteiger partial charge in [0.25, 0.3) is 0 Å². The van der Waals surface area contributed by atoms with E-state index in [1.54, 1.807) is 17.0 Å². The minimum atomic E-state index is -0.820. The summed E-state index contributed by atoms with van der Waals surface area (Å²) in [4.78, 5) is 14.9. The molecule has 30 heavy (non-hydrogen) atoms. The lowest BCUT2D eigenvalue weighted by atomic mass is 9.88. The first-order chi connectivity index (χ1) is 14.3. The van der Waals surface area contributed by atoms with Crippen molar-refractivity contribution < 1.29 is 19.4 Å². The number of ether oxygens (including phenoxy) is 2. The standard InChI is InChI=1S/C23H27Cl2NO4/c1-16(2)30-19-5-3-4-17(12-19)13-22(28)26-9-11-29-23(15-26,8-10-27)18-6-7-20(24)21(25)14-18/h3-7,12,14,16,27H,8-11,13,15H2,1-2H3. The van der Waals surface area contributed by atoms with Crippen LogP contribution < -0.4 is 4.74 Å². The molecule has 0 aromatic heterocycles. The number of rotatable bonds is 7. The molecule has 1 saturated heterocycles. The third-order valence-corrected chi connectivity index (χ3v) is 5.86. The molecule has 3 rings (SSSR count). The predicted octanol–water partition coefficient (Wildman–Crippen LogP) is 4.46. The molecule has 0 spiro atoms. The van der Waals surface area contributed by atoms with Crippen LogP contribution in [-0.2, 0) is 21.6 Å². The second kappa shape index (κ2) is 10.0. The van der Waals surface area contributed by atoms with Gasteiger partial charge >= 0.3 is 0 Å². The van der Waals surface area contributed by atoms with E-state index in [-0.39, 0.29) is 25.0 Å². The Labute approximate surface area is 187 Å². The van der Waals surface area contributed by atoms with E-state index in [1.165, 1.54) is 0 Å². The van der Waals surface area contributed by atoms with E-state index in [0.29, 0.717) is 36.2 Å². The maximum Gasteiger partial charge on any atom is 0.227 e. The number of benzene rings is 2. The summed E-state index contributed by atoms with van der Waals surface area (Å²) < 4.78 is 11.8. The molecule has 7 heteroatoms. The molecule has 1 fully saturated rings. The summed E-state index contributed by atoms with van der Waals surface area (Å²) >= 11 is 12.3. The first-order valence-electron chi connectivity index (χ1n) is 10.1. The van der Waals surface area contributed by atoms with Gasteiger partial charge in [-0.2, -0.15) is 0 Å². The summed E-state index contributed by atoms with van der Waals surface area (Å²) in [6.45, 7) is 5.08. The van der Waals surface area contributed by atoms with Gasteiger partial charge < -0.3 is 19.5 Å². The van der Waals surface area contributed by atoms with Crippen molar-refractivity contribution in [2.75, 3.05) is 26.3 Å². The fourth-order valence-electron chi connectivity index (χ4n) is 3.71. The quantitative estimate of drug-likeness (QED) is 0.674. The molecule has 162 valence electrons. The van der Waals surface area contributed by atoms with E-state index < -0.39 is 5.60 Å². The molecule has 1 atom stereocenters. The number of halogens is 2. The van der Waals surface area contributed by atoms with Gasteiger partial charge in [0.05, 0.1) is 35.7 Å². The van der Waals surface area contributed by atoms with Gasteiger partial charge in [0, 0.05) is 19.6 Å². The molecule has 1 unspecified atom stereocenters. The first kappa shape index (κ1) is 22.9. The molecule has 0 saturated carbocycles. The average molecular weight is 452 g/mol. The van der Waals surface area contributed by atoms with Gasteiger partial charge in [-0.3, -0.25) is 4.79 Å². The van der Waals surface area contributed by atoms with Gasteiger partial charge in [0.2, 0.25) is 5.91 Å². The molecule has 1 amide bonds. The topological polar surface area (TPSA) is 59.0 Å². The van der Waals surface area contributed by atoms with Gasteiger partial charge in [-0.25, -0.2) is 0 Å². The van der Waals surface area contributed by atoms with Crippen molar-refractivity contribution in [3.05, 3.63) is 63.6 Å². The highest BCUT2D eigenvalue weighted by molar-refractivity contribution is 6.42. The van der Waals surface area contributed by atoms with Gasteiger partial charge in [-0.15, -0.1) is 0 Å². The number of hydrogen-bond donors (Lipinski definition) is 1. The van der Waals surface area contributed by atoms with Crippen LogP contribution in [0.1, 0.15) is 31.4 Å². The summed E-state index contributed by atoms with van der Waals surface area (Å²) in [5.41, 5.74) is 0.877. The Morgan fingerprint density at radius 3 is 2.73 bits per heavy atom. The Morgan fingerprint density at radius 2 is 2.03 bits per heavy atom. The van der Waals surface area contributed by atoms with Gasteiger partial charge in [0.1, 0.15) is 11.4 Å². The Kier molecular flexibility index (Phi) is 7.64. The van der Waals surface area contributed by atoms with E-state index in [1.807, 2.05) is 44.2 Å².